The number of fused-ring (bicyclic) bond motifs is 2. The van der Waals surface area contributed by atoms with Crippen LogP contribution in [0, 0.1) is 5.82 Å². The average Bonchev–Trinajstić information content (AvgIpc) is 3.38. The van der Waals surface area contributed by atoms with E-state index in [9.17, 15) is 14.0 Å². The molecule has 0 atom stereocenters. The van der Waals surface area contributed by atoms with E-state index in [0.29, 0.717) is 84.6 Å². The normalized spacial score (nSPS) is 12.6. The molecule has 244 valence electrons. The minimum atomic E-state index is -0.410. The third-order valence-corrected chi connectivity index (χ3v) is 7.74. The Labute approximate surface area is 269 Å². The highest BCUT2D eigenvalue weighted by Crippen LogP contribution is 2.36. The SMILES string of the molecule is COCCOc1cc2ncnc(Oc3ccc(CC(=O)c4c5n(n(-c6ccc(F)cc6)c4=O)CCCC5)nc3)c2cc1OCCOC. The second kappa shape index (κ2) is 14.5. The number of ether oxygens (including phenoxy) is 5. The third-order valence-electron chi connectivity index (χ3n) is 7.74. The molecule has 0 fully saturated rings. The van der Waals surface area contributed by atoms with Gasteiger partial charge in [0.15, 0.2) is 17.3 Å². The maximum atomic E-state index is 13.6. The Morgan fingerprint density at radius 2 is 1.64 bits per heavy atom. The van der Waals surface area contributed by atoms with Gasteiger partial charge in [0.1, 0.15) is 36.7 Å². The average molecular weight is 644 g/mol. The van der Waals surface area contributed by atoms with E-state index in [-0.39, 0.29) is 23.6 Å². The molecule has 12 nitrogen and oxygen atoms in total. The first-order chi connectivity index (χ1) is 23.0. The van der Waals surface area contributed by atoms with Gasteiger partial charge in [-0.1, -0.05) is 0 Å². The van der Waals surface area contributed by atoms with Crippen LogP contribution < -0.4 is 19.8 Å². The van der Waals surface area contributed by atoms with Crippen molar-refractivity contribution in [2.45, 2.75) is 32.2 Å². The van der Waals surface area contributed by atoms with Gasteiger partial charge in [-0.05, 0) is 61.7 Å². The van der Waals surface area contributed by atoms with Crippen LogP contribution in [0.15, 0.2) is 65.8 Å². The van der Waals surface area contributed by atoms with E-state index in [2.05, 4.69) is 15.0 Å². The number of methoxy groups -OCH3 is 2. The van der Waals surface area contributed by atoms with Gasteiger partial charge in [0.2, 0.25) is 5.88 Å². The molecule has 0 amide bonds. The van der Waals surface area contributed by atoms with Gasteiger partial charge in [0.05, 0.1) is 48.1 Å². The van der Waals surface area contributed by atoms with Crippen LogP contribution in [0.5, 0.6) is 23.1 Å². The summed E-state index contributed by atoms with van der Waals surface area (Å²) in [5.74, 6) is 0.924. The molecule has 0 saturated heterocycles. The Hall–Kier alpha value is -5.14. The van der Waals surface area contributed by atoms with Crippen molar-refractivity contribution >= 4 is 16.7 Å². The molecule has 1 aliphatic heterocycles. The van der Waals surface area contributed by atoms with Gasteiger partial charge in [0.25, 0.3) is 5.56 Å². The smallest absolute Gasteiger partial charge is 0.282 e. The molecular weight excluding hydrogens is 609 g/mol. The molecule has 1 aliphatic rings. The summed E-state index contributed by atoms with van der Waals surface area (Å²) in [6, 6.07) is 12.6. The van der Waals surface area contributed by atoms with Crippen molar-refractivity contribution in [2.75, 3.05) is 40.6 Å². The molecule has 5 aromatic rings. The Morgan fingerprint density at radius 3 is 2.34 bits per heavy atom. The lowest BCUT2D eigenvalue weighted by molar-refractivity contribution is 0.0989. The zero-order valence-electron chi connectivity index (χ0n) is 26.1. The van der Waals surface area contributed by atoms with Crippen LogP contribution in [0.25, 0.3) is 16.6 Å². The van der Waals surface area contributed by atoms with E-state index in [4.69, 9.17) is 23.7 Å². The fourth-order valence-corrected chi connectivity index (χ4v) is 5.51. The van der Waals surface area contributed by atoms with Crippen LogP contribution in [0.1, 0.15) is 34.6 Å². The van der Waals surface area contributed by atoms with Crippen LogP contribution in [-0.2, 0) is 28.9 Å². The minimum absolute atomic E-state index is 0.0690. The molecule has 0 unspecified atom stereocenters. The number of carbonyl (C=O) groups is 1. The van der Waals surface area contributed by atoms with E-state index in [1.54, 1.807) is 50.6 Å². The van der Waals surface area contributed by atoms with Gasteiger partial charge >= 0.3 is 0 Å². The van der Waals surface area contributed by atoms with Gasteiger partial charge in [-0.3, -0.25) is 19.3 Å². The van der Waals surface area contributed by atoms with E-state index in [1.807, 2.05) is 4.68 Å². The molecule has 2 aromatic carbocycles. The number of benzene rings is 2. The van der Waals surface area contributed by atoms with Crippen LogP contribution in [0.2, 0.25) is 0 Å². The molecule has 3 aromatic heterocycles. The lowest BCUT2D eigenvalue weighted by Gasteiger charge is -2.19. The summed E-state index contributed by atoms with van der Waals surface area (Å²) in [6.45, 7) is 2.03. The largest absolute Gasteiger partial charge is 0.487 e. The summed E-state index contributed by atoms with van der Waals surface area (Å²) in [5.41, 5.74) is 2.01. The molecule has 0 aliphatic carbocycles. The van der Waals surface area contributed by atoms with Gasteiger partial charge in [-0.2, -0.15) is 0 Å². The molecule has 13 heteroatoms. The topological polar surface area (TPSA) is 129 Å². The monoisotopic (exact) mass is 643 g/mol. The van der Waals surface area contributed by atoms with Crippen molar-refractivity contribution in [1.29, 1.82) is 0 Å². The molecule has 47 heavy (non-hydrogen) atoms. The summed E-state index contributed by atoms with van der Waals surface area (Å²) in [4.78, 5) is 40.3. The van der Waals surface area contributed by atoms with Crippen molar-refractivity contribution < 1.29 is 32.9 Å². The number of ketones is 1. The summed E-state index contributed by atoms with van der Waals surface area (Å²) in [5, 5.41) is 0.592. The highest BCUT2D eigenvalue weighted by Gasteiger charge is 2.28. The minimum Gasteiger partial charge on any atom is -0.487 e. The fourth-order valence-electron chi connectivity index (χ4n) is 5.51. The lowest BCUT2D eigenvalue weighted by Crippen LogP contribution is -2.24. The lowest BCUT2D eigenvalue weighted by atomic mass is 10.0. The first-order valence-electron chi connectivity index (χ1n) is 15.3. The molecule has 4 heterocycles. The quantitative estimate of drug-likeness (QED) is 0.124. The number of halogens is 1. The summed E-state index contributed by atoms with van der Waals surface area (Å²) >= 11 is 0. The van der Waals surface area contributed by atoms with Crippen molar-refractivity contribution in [3.05, 3.63) is 94.2 Å². The Bertz CT molecular complexity index is 1920. The number of Topliss-reactive ketones (excluding diaryl/α,β-unsaturated/α-hetero) is 1. The van der Waals surface area contributed by atoms with Crippen molar-refractivity contribution in [3.8, 4) is 28.8 Å². The summed E-state index contributed by atoms with van der Waals surface area (Å²) in [7, 11) is 3.19. The number of hydrogen-bond donors (Lipinski definition) is 0. The second-order valence-electron chi connectivity index (χ2n) is 10.9. The van der Waals surface area contributed by atoms with Crippen LogP contribution >= 0.6 is 0 Å². The molecule has 0 radical (unpaired) electrons. The number of hydrogen-bond acceptors (Lipinski definition) is 10. The maximum Gasteiger partial charge on any atom is 0.282 e. The molecule has 0 bridgehead atoms. The van der Waals surface area contributed by atoms with Crippen molar-refractivity contribution in [3.63, 3.8) is 0 Å². The predicted octanol–water partition coefficient (Wildman–Crippen LogP) is 4.72. The van der Waals surface area contributed by atoms with E-state index < -0.39 is 11.4 Å². The molecule has 0 N–H and O–H groups in total. The second-order valence-corrected chi connectivity index (χ2v) is 10.9. The number of carbonyl (C=O) groups excluding carboxylic acids is 1. The van der Waals surface area contributed by atoms with Gasteiger partial charge < -0.3 is 23.7 Å². The van der Waals surface area contributed by atoms with Gasteiger partial charge in [0, 0.05) is 32.5 Å². The Balaban J connectivity index is 1.22. The first-order valence-corrected chi connectivity index (χ1v) is 15.3. The van der Waals surface area contributed by atoms with Crippen LogP contribution in [0.4, 0.5) is 4.39 Å². The van der Waals surface area contributed by atoms with Crippen molar-refractivity contribution in [1.82, 2.24) is 24.3 Å². The van der Waals surface area contributed by atoms with Crippen LogP contribution in [-0.4, -0.2) is 70.7 Å². The molecular formula is C34H34FN5O7. The van der Waals surface area contributed by atoms with E-state index in [0.717, 1.165) is 12.8 Å². The van der Waals surface area contributed by atoms with Crippen molar-refractivity contribution in [2.24, 2.45) is 0 Å². The fraction of sp³-hybridized carbons (Fsp3) is 0.324. The molecule has 0 saturated carbocycles. The standard InChI is InChI=1S/C34H34FN5O7/c1-43-13-15-45-30-18-26-27(19-31(30)46-16-14-44-2)37-21-38-33(26)47-25-11-8-23(36-20-25)17-29(41)32-28-5-3-4-12-39(28)40(34(32)42)24-9-6-22(35)7-10-24/h6-11,18-21H,3-5,12-17H2,1-2H3. The summed E-state index contributed by atoms with van der Waals surface area (Å²) in [6.07, 6.45) is 5.18. The Morgan fingerprint density at radius 1 is 0.894 bits per heavy atom. The predicted molar refractivity (Wildman–Crippen MR) is 170 cm³/mol. The number of rotatable bonds is 14. The zero-order chi connectivity index (χ0) is 32.8. The van der Waals surface area contributed by atoms with E-state index in [1.165, 1.54) is 29.3 Å². The number of aromatic nitrogens is 5. The third kappa shape index (κ3) is 7.00. The number of nitrogens with zero attached hydrogens (tertiary/aromatic N) is 5. The van der Waals surface area contributed by atoms with Gasteiger partial charge in [-0.15, -0.1) is 0 Å². The zero-order valence-corrected chi connectivity index (χ0v) is 26.1. The van der Waals surface area contributed by atoms with Gasteiger partial charge in [-0.25, -0.2) is 19.0 Å². The molecule has 0 spiro atoms. The Kier molecular flexibility index (Phi) is 9.83. The summed E-state index contributed by atoms with van der Waals surface area (Å²) < 4.78 is 44.9. The van der Waals surface area contributed by atoms with E-state index >= 15 is 0 Å². The first kappa shape index (κ1) is 31.8. The molecule has 6 rings (SSSR count). The van der Waals surface area contributed by atoms with Crippen LogP contribution in [0.3, 0.4) is 0 Å². The maximum absolute atomic E-state index is 13.6. The number of pyridine rings is 1. The highest BCUT2D eigenvalue weighted by molar-refractivity contribution is 5.98. The highest BCUT2D eigenvalue weighted by atomic mass is 19.1.